The van der Waals surface area contributed by atoms with Gasteiger partial charge >= 0.3 is 0 Å². The van der Waals surface area contributed by atoms with Crippen molar-refractivity contribution in [2.75, 3.05) is 38.0 Å². The number of fused-ring (bicyclic) bond motifs is 1. The molecule has 5 nitrogen and oxygen atoms in total. The largest absolute Gasteiger partial charge is 0.338 e. The van der Waals surface area contributed by atoms with Crippen molar-refractivity contribution in [1.29, 1.82) is 0 Å². The molecule has 4 rings (SSSR count). The quantitative estimate of drug-likeness (QED) is 0.723. The molecule has 2 aromatic carbocycles. The van der Waals surface area contributed by atoms with Crippen molar-refractivity contribution in [3.63, 3.8) is 0 Å². The maximum atomic E-state index is 14.4. The molecule has 2 unspecified atom stereocenters. The minimum atomic E-state index is -0.822. The van der Waals surface area contributed by atoms with E-state index in [1.807, 2.05) is 19.1 Å². The fourth-order valence-electron chi connectivity index (χ4n) is 4.60. The highest BCUT2D eigenvalue weighted by Crippen LogP contribution is 2.33. The predicted molar refractivity (Wildman–Crippen MR) is 120 cm³/mol. The summed E-state index contributed by atoms with van der Waals surface area (Å²) in [5, 5.41) is 3.48. The van der Waals surface area contributed by atoms with E-state index in [4.69, 9.17) is 11.6 Å². The highest BCUT2D eigenvalue weighted by Gasteiger charge is 2.42. The minimum Gasteiger partial charge on any atom is -0.338 e. The van der Waals surface area contributed by atoms with Crippen molar-refractivity contribution in [2.45, 2.75) is 20.3 Å². The summed E-state index contributed by atoms with van der Waals surface area (Å²) in [5.74, 6) is -1.78. The normalized spacial score (nSPS) is 20.5. The second kappa shape index (κ2) is 9.16. The maximum absolute atomic E-state index is 14.4. The summed E-state index contributed by atoms with van der Waals surface area (Å²) in [4.78, 5) is 28.8. The summed E-state index contributed by atoms with van der Waals surface area (Å²) in [7, 11) is 0. The minimum absolute atomic E-state index is 0.0795. The number of benzene rings is 2. The van der Waals surface area contributed by atoms with Gasteiger partial charge in [-0.3, -0.25) is 9.59 Å². The molecule has 2 aromatic rings. The third-order valence-corrected chi connectivity index (χ3v) is 6.87. The van der Waals surface area contributed by atoms with Crippen LogP contribution < -0.4 is 5.32 Å². The van der Waals surface area contributed by atoms with E-state index in [2.05, 4.69) is 10.2 Å². The molecule has 8 heteroatoms. The molecule has 0 aromatic heterocycles. The highest BCUT2D eigenvalue weighted by atomic mass is 35.5. The van der Waals surface area contributed by atoms with Crippen LogP contribution in [0.25, 0.3) is 0 Å². The lowest BCUT2D eigenvalue weighted by Gasteiger charge is -2.22. The van der Waals surface area contributed by atoms with Gasteiger partial charge in [0.25, 0.3) is 5.91 Å². The maximum Gasteiger partial charge on any atom is 0.259 e. The molecule has 32 heavy (non-hydrogen) atoms. The van der Waals surface area contributed by atoms with Gasteiger partial charge in [0.15, 0.2) is 0 Å². The molecule has 2 amide bonds. The number of nitrogens with one attached hydrogen (secondary N) is 1. The van der Waals surface area contributed by atoms with Crippen molar-refractivity contribution in [2.24, 2.45) is 11.8 Å². The summed E-state index contributed by atoms with van der Waals surface area (Å²) in [6.07, 6.45) is 0.354. The van der Waals surface area contributed by atoms with E-state index >= 15 is 0 Å². The van der Waals surface area contributed by atoms with Crippen molar-refractivity contribution in [1.82, 2.24) is 9.80 Å². The average Bonchev–Trinajstić information content (AvgIpc) is 3.31. The molecule has 0 aliphatic carbocycles. The first kappa shape index (κ1) is 22.7. The van der Waals surface area contributed by atoms with E-state index in [1.165, 1.54) is 13.0 Å². The van der Waals surface area contributed by atoms with Crippen LogP contribution in [-0.2, 0) is 4.79 Å². The van der Waals surface area contributed by atoms with Gasteiger partial charge in [0, 0.05) is 49.9 Å². The van der Waals surface area contributed by atoms with Gasteiger partial charge in [0.1, 0.15) is 17.2 Å². The zero-order chi connectivity index (χ0) is 23.0. The van der Waals surface area contributed by atoms with Crippen LogP contribution in [0.5, 0.6) is 0 Å². The van der Waals surface area contributed by atoms with Crippen LogP contribution in [0.15, 0.2) is 30.3 Å². The van der Waals surface area contributed by atoms with Crippen LogP contribution in [0.2, 0.25) is 5.02 Å². The van der Waals surface area contributed by atoms with Crippen molar-refractivity contribution in [3.05, 3.63) is 63.7 Å². The zero-order valence-electron chi connectivity index (χ0n) is 18.1. The molecule has 170 valence electrons. The lowest BCUT2D eigenvalue weighted by Crippen LogP contribution is -2.35. The summed E-state index contributed by atoms with van der Waals surface area (Å²) < 4.78 is 28.5. The van der Waals surface area contributed by atoms with Crippen molar-refractivity contribution >= 4 is 29.1 Å². The number of aryl methyl sites for hydroxylation is 2. The van der Waals surface area contributed by atoms with Crippen LogP contribution in [0.1, 0.15) is 27.9 Å². The molecule has 1 N–H and O–H groups in total. The Morgan fingerprint density at radius 2 is 1.69 bits per heavy atom. The molecule has 2 aliphatic rings. The first-order valence-electron chi connectivity index (χ1n) is 10.7. The van der Waals surface area contributed by atoms with Crippen LogP contribution in [0.4, 0.5) is 14.5 Å². The molecule has 0 radical (unpaired) electrons. The van der Waals surface area contributed by atoms with Crippen LogP contribution in [-0.4, -0.2) is 54.3 Å². The average molecular weight is 462 g/mol. The topological polar surface area (TPSA) is 52.7 Å². The Balaban J connectivity index is 1.28. The smallest absolute Gasteiger partial charge is 0.259 e. The third-order valence-electron chi connectivity index (χ3n) is 6.46. The lowest BCUT2D eigenvalue weighted by molar-refractivity contribution is -0.116. The Morgan fingerprint density at radius 1 is 1.03 bits per heavy atom. The van der Waals surface area contributed by atoms with Gasteiger partial charge in [-0.1, -0.05) is 23.7 Å². The third kappa shape index (κ3) is 4.64. The predicted octanol–water partition coefficient (Wildman–Crippen LogP) is 4.27. The molecule has 0 saturated carbocycles. The molecule has 2 saturated heterocycles. The molecule has 2 atom stereocenters. The Morgan fingerprint density at radius 3 is 2.34 bits per heavy atom. The number of halogens is 3. The Hall–Kier alpha value is -2.51. The first-order chi connectivity index (χ1) is 15.2. The van der Waals surface area contributed by atoms with Gasteiger partial charge < -0.3 is 15.1 Å². The molecule has 0 bridgehead atoms. The van der Waals surface area contributed by atoms with Gasteiger partial charge in [0.2, 0.25) is 5.91 Å². The number of likely N-dealkylation sites (tertiary alicyclic amines) is 2. The Bertz CT molecular complexity index is 1050. The number of hydrogen-bond acceptors (Lipinski definition) is 3. The van der Waals surface area contributed by atoms with Gasteiger partial charge in [-0.05, 0) is 55.0 Å². The summed E-state index contributed by atoms with van der Waals surface area (Å²) in [5.41, 5.74) is 1.42. The number of amides is 2. The van der Waals surface area contributed by atoms with Crippen LogP contribution in [0, 0.1) is 37.3 Å². The molecule has 2 aliphatic heterocycles. The number of anilines is 1. The fourth-order valence-corrected chi connectivity index (χ4v) is 4.78. The van der Waals surface area contributed by atoms with E-state index in [1.54, 1.807) is 11.0 Å². The van der Waals surface area contributed by atoms with Gasteiger partial charge in [-0.2, -0.15) is 0 Å². The lowest BCUT2D eigenvalue weighted by atomic mass is 10.0. The zero-order valence-corrected chi connectivity index (χ0v) is 18.9. The molecule has 2 fully saturated rings. The van der Waals surface area contributed by atoms with Gasteiger partial charge in [-0.25, -0.2) is 8.78 Å². The van der Waals surface area contributed by atoms with E-state index in [0.29, 0.717) is 36.8 Å². The first-order valence-corrected chi connectivity index (χ1v) is 11.1. The Kier molecular flexibility index (Phi) is 6.49. The number of carbonyl (C=O) groups excluding carboxylic acids is 2. The van der Waals surface area contributed by atoms with Crippen molar-refractivity contribution in [3.8, 4) is 0 Å². The van der Waals surface area contributed by atoms with Gasteiger partial charge in [0.05, 0.1) is 0 Å². The number of hydrogen-bond donors (Lipinski definition) is 1. The van der Waals surface area contributed by atoms with E-state index in [-0.39, 0.29) is 23.3 Å². The standard InChI is InChI=1S/C24H26ClF2N3O2/c1-14-3-5-18(9-19(14)25)28-21(31)7-8-29-10-16-12-30(13-17(16)11-29)24(32)22-20(26)6-4-15(2)23(22)27/h3-6,9,16-17H,7-8,10-13H2,1-2H3,(H,28,31). The van der Waals surface area contributed by atoms with E-state index in [9.17, 15) is 18.4 Å². The summed E-state index contributed by atoms with van der Waals surface area (Å²) in [6.45, 7) is 6.51. The summed E-state index contributed by atoms with van der Waals surface area (Å²) >= 11 is 6.10. The highest BCUT2D eigenvalue weighted by molar-refractivity contribution is 6.31. The number of rotatable bonds is 5. The fraction of sp³-hybridized carbons (Fsp3) is 0.417. The molecule has 0 spiro atoms. The summed E-state index contributed by atoms with van der Waals surface area (Å²) in [6, 6.07) is 7.90. The second-order valence-corrected chi connectivity index (χ2v) is 9.21. The van der Waals surface area contributed by atoms with Gasteiger partial charge in [-0.15, -0.1) is 0 Å². The number of nitrogens with zero attached hydrogens (tertiary/aromatic N) is 2. The molecular formula is C24H26ClF2N3O2. The molecular weight excluding hydrogens is 436 g/mol. The second-order valence-electron chi connectivity index (χ2n) is 8.81. The van der Waals surface area contributed by atoms with Crippen LogP contribution >= 0.6 is 11.6 Å². The Labute approximate surface area is 191 Å². The van der Waals surface area contributed by atoms with Crippen molar-refractivity contribution < 1.29 is 18.4 Å². The monoisotopic (exact) mass is 461 g/mol. The molecule has 2 heterocycles. The van der Waals surface area contributed by atoms with E-state index < -0.39 is 23.1 Å². The van der Waals surface area contributed by atoms with Crippen LogP contribution in [0.3, 0.4) is 0 Å². The van der Waals surface area contributed by atoms with E-state index in [0.717, 1.165) is 24.7 Å². The SMILES string of the molecule is Cc1ccc(NC(=O)CCN2CC3CN(C(=O)c4c(F)ccc(C)c4F)CC3C2)cc1Cl. The number of carbonyl (C=O) groups is 2.